The summed E-state index contributed by atoms with van der Waals surface area (Å²) >= 11 is 0. The zero-order valence-corrected chi connectivity index (χ0v) is 34.1. The minimum Gasteiger partial charge on any atom is -0.340 e. The zero-order valence-electron chi connectivity index (χ0n) is 34.1. The molecular formula is C44H60N12. The van der Waals surface area contributed by atoms with Gasteiger partial charge in [0, 0.05) is 98.5 Å². The van der Waals surface area contributed by atoms with Crippen LogP contribution in [-0.4, -0.2) is 119 Å². The number of fused-ring (bicyclic) bond motifs is 9. The van der Waals surface area contributed by atoms with Gasteiger partial charge in [0.2, 0.25) is 0 Å². The molecule has 12 heteroatoms. The standard InChI is InChI=1S/C44H60N12/c1-51(2)18-21-56-39-15-9-11-32(25-35(39)42-44(56)48-17-16-47-42)53(4)20-23-55-38-14-8-10-31(24-34(38)36-26-45-30-50-43(36)55)28-52(3)19-22-54-37-13-7-5-6-12-33(37)41-40(54)27-46-29-49-41/h16-17,26-27,29-32H,5-15,18-25,28H2,1-4H3. The van der Waals surface area contributed by atoms with Crippen LogP contribution in [0.15, 0.2) is 37.4 Å². The highest BCUT2D eigenvalue weighted by Gasteiger charge is 2.29. The van der Waals surface area contributed by atoms with Crippen molar-refractivity contribution in [3.63, 3.8) is 0 Å². The van der Waals surface area contributed by atoms with Crippen LogP contribution in [0.4, 0.5) is 0 Å². The third kappa shape index (κ3) is 7.24. The molecule has 0 aromatic carbocycles. The van der Waals surface area contributed by atoms with Crippen LogP contribution in [-0.2, 0) is 58.2 Å². The van der Waals surface area contributed by atoms with Gasteiger partial charge in [0.05, 0.1) is 17.2 Å². The average Bonchev–Trinajstić information content (AvgIpc) is 3.47. The van der Waals surface area contributed by atoms with E-state index in [0.717, 1.165) is 101 Å². The van der Waals surface area contributed by atoms with Crippen molar-refractivity contribution >= 4 is 33.2 Å². The Morgan fingerprint density at radius 1 is 0.607 bits per heavy atom. The van der Waals surface area contributed by atoms with Gasteiger partial charge < -0.3 is 28.4 Å². The summed E-state index contributed by atoms with van der Waals surface area (Å²) in [5.74, 6) is 0.605. The van der Waals surface area contributed by atoms with Crippen molar-refractivity contribution in [3.8, 4) is 0 Å². The highest BCUT2D eigenvalue weighted by atomic mass is 15.2. The van der Waals surface area contributed by atoms with E-state index >= 15 is 0 Å². The lowest BCUT2D eigenvalue weighted by Crippen LogP contribution is -2.35. The summed E-state index contributed by atoms with van der Waals surface area (Å²) in [4.78, 5) is 35.8. The summed E-state index contributed by atoms with van der Waals surface area (Å²) in [5, 5.41) is 1.25. The summed E-state index contributed by atoms with van der Waals surface area (Å²) in [6, 6.07) is 0.466. The predicted molar refractivity (Wildman–Crippen MR) is 223 cm³/mol. The van der Waals surface area contributed by atoms with E-state index in [2.05, 4.69) is 72.8 Å². The maximum atomic E-state index is 4.92. The zero-order chi connectivity index (χ0) is 38.2. The molecule has 12 nitrogen and oxygen atoms in total. The van der Waals surface area contributed by atoms with E-state index < -0.39 is 0 Å². The average molecular weight is 757 g/mol. The minimum absolute atomic E-state index is 0.466. The fraction of sp³-hybridized carbons (Fsp3) is 0.591. The maximum absolute atomic E-state index is 4.92. The molecule has 3 aliphatic carbocycles. The Hall–Kier alpha value is -4.26. The predicted octanol–water partition coefficient (Wildman–Crippen LogP) is 5.76. The molecule has 0 amide bonds. The second-order valence-electron chi connectivity index (χ2n) is 17.3. The Bertz CT molecular complexity index is 2300. The molecular weight excluding hydrogens is 697 g/mol. The first kappa shape index (κ1) is 37.3. The maximum Gasteiger partial charge on any atom is 0.159 e. The lowest BCUT2D eigenvalue weighted by Gasteiger charge is -2.27. The molecule has 0 fully saturated rings. The molecule has 9 rings (SSSR count). The van der Waals surface area contributed by atoms with Crippen molar-refractivity contribution in [2.75, 3.05) is 54.4 Å². The fourth-order valence-corrected chi connectivity index (χ4v) is 10.5. The van der Waals surface area contributed by atoms with Crippen molar-refractivity contribution in [2.45, 2.75) is 109 Å². The molecule has 296 valence electrons. The first-order chi connectivity index (χ1) is 27.4. The molecule has 3 aliphatic rings. The van der Waals surface area contributed by atoms with Crippen LogP contribution in [0.3, 0.4) is 0 Å². The number of aromatic nitrogens is 9. The van der Waals surface area contributed by atoms with Gasteiger partial charge in [-0.05, 0) is 122 Å². The smallest absolute Gasteiger partial charge is 0.159 e. The van der Waals surface area contributed by atoms with Gasteiger partial charge in [-0.15, -0.1) is 0 Å². The molecule has 0 radical (unpaired) electrons. The van der Waals surface area contributed by atoms with Gasteiger partial charge in [0.25, 0.3) is 0 Å². The first-order valence-corrected chi connectivity index (χ1v) is 21.4. The Kier molecular flexibility index (Phi) is 10.9. The molecule has 0 saturated carbocycles. The molecule has 0 bridgehead atoms. The molecule has 6 aromatic rings. The van der Waals surface area contributed by atoms with Crippen LogP contribution in [0.5, 0.6) is 0 Å². The summed E-state index contributed by atoms with van der Waals surface area (Å²) in [6.45, 7) is 6.98. The summed E-state index contributed by atoms with van der Waals surface area (Å²) < 4.78 is 7.56. The van der Waals surface area contributed by atoms with Gasteiger partial charge in [-0.3, -0.25) is 4.98 Å². The van der Waals surface area contributed by atoms with E-state index in [9.17, 15) is 0 Å². The summed E-state index contributed by atoms with van der Waals surface area (Å²) in [5.41, 5.74) is 14.5. The SMILES string of the molecule is CN(C)CCn1c2c(c3nccnc31)CC(N(C)CCn1c3c(c4cncnc41)CC(CN(C)CCn1c4c(c5ncncc51)CCCCC4)CCC3)CCC2. The van der Waals surface area contributed by atoms with E-state index in [1.165, 1.54) is 95.1 Å². The number of aryl methyl sites for hydroxylation is 1. The van der Waals surface area contributed by atoms with E-state index in [-0.39, 0.29) is 0 Å². The molecule has 2 unspecified atom stereocenters. The quantitative estimate of drug-likeness (QED) is 0.144. The van der Waals surface area contributed by atoms with Crippen LogP contribution in [0.1, 0.15) is 78.7 Å². The summed E-state index contributed by atoms with van der Waals surface area (Å²) in [7, 11) is 8.94. The largest absolute Gasteiger partial charge is 0.340 e. The van der Waals surface area contributed by atoms with E-state index in [1.807, 2.05) is 18.6 Å². The first-order valence-electron chi connectivity index (χ1n) is 21.4. The Labute approximate surface area is 331 Å². The number of hydrogen-bond donors (Lipinski definition) is 0. The summed E-state index contributed by atoms with van der Waals surface area (Å²) in [6.07, 6.45) is 26.6. The number of hydrogen-bond acceptors (Lipinski definition) is 9. The van der Waals surface area contributed by atoms with Crippen molar-refractivity contribution < 1.29 is 0 Å². The van der Waals surface area contributed by atoms with Crippen molar-refractivity contribution in [3.05, 3.63) is 71.2 Å². The van der Waals surface area contributed by atoms with Crippen molar-refractivity contribution in [1.82, 2.24) is 58.3 Å². The van der Waals surface area contributed by atoms with Gasteiger partial charge in [0.1, 0.15) is 23.8 Å². The number of rotatable bonds is 12. The van der Waals surface area contributed by atoms with E-state index in [1.54, 1.807) is 12.7 Å². The van der Waals surface area contributed by atoms with Gasteiger partial charge in [0.15, 0.2) is 5.65 Å². The molecule has 2 atom stereocenters. The van der Waals surface area contributed by atoms with Crippen LogP contribution in [0.2, 0.25) is 0 Å². The molecule has 56 heavy (non-hydrogen) atoms. The Balaban J connectivity index is 0.888. The third-order valence-corrected chi connectivity index (χ3v) is 13.4. The van der Waals surface area contributed by atoms with Crippen molar-refractivity contribution in [1.29, 1.82) is 0 Å². The Morgan fingerprint density at radius 3 is 2.21 bits per heavy atom. The molecule has 6 heterocycles. The molecule has 0 saturated heterocycles. The molecule has 0 N–H and O–H groups in total. The van der Waals surface area contributed by atoms with Crippen LogP contribution in [0.25, 0.3) is 33.2 Å². The highest BCUT2D eigenvalue weighted by Crippen LogP contribution is 2.35. The van der Waals surface area contributed by atoms with Crippen LogP contribution in [0, 0.1) is 5.92 Å². The topological polar surface area (TPSA) is 102 Å². The van der Waals surface area contributed by atoms with Gasteiger partial charge in [-0.25, -0.2) is 24.9 Å². The van der Waals surface area contributed by atoms with Gasteiger partial charge in [-0.1, -0.05) is 6.42 Å². The second-order valence-corrected chi connectivity index (χ2v) is 17.3. The third-order valence-electron chi connectivity index (χ3n) is 13.4. The monoisotopic (exact) mass is 757 g/mol. The van der Waals surface area contributed by atoms with Crippen molar-refractivity contribution in [2.24, 2.45) is 5.92 Å². The molecule has 6 aromatic heterocycles. The van der Waals surface area contributed by atoms with Gasteiger partial charge >= 0.3 is 0 Å². The number of nitrogens with zero attached hydrogens (tertiary/aromatic N) is 12. The second kappa shape index (κ2) is 16.3. The van der Waals surface area contributed by atoms with E-state index in [4.69, 9.17) is 19.9 Å². The van der Waals surface area contributed by atoms with E-state index in [0.29, 0.717) is 12.0 Å². The Morgan fingerprint density at radius 2 is 1.32 bits per heavy atom. The minimum atomic E-state index is 0.466. The normalized spacial score (nSPS) is 19.1. The molecule has 0 spiro atoms. The lowest BCUT2D eigenvalue weighted by atomic mass is 9.96. The lowest BCUT2D eigenvalue weighted by molar-refractivity contribution is 0.221. The van der Waals surface area contributed by atoms with Crippen LogP contribution < -0.4 is 0 Å². The fourth-order valence-electron chi connectivity index (χ4n) is 10.5. The van der Waals surface area contributed by atoms with Crippen LogP contribution >= 0.6 is 0 Å². The van der Waals surface area contributed by atoms with Gasteiger partial charge in [-0.2, -0.15) is 0 Å². The molecule has 0 aliphatic heterocycles. The highest BCUT2D eigenvalue weighted by molar-refractivity contribution is 5.82. The number of likely N-dealkylation sites (N-methyl/N-ethyl adjacent to an activating group) is 3.